The van der Waals surface area contributed by atoms with Crippen LogP contribution in [-0.2, 0) is 0 Å². The number of pyridine rings is 1. The Bertz CT molecular complexity index is 475. The molecule has 1 aromatic rings. The Balaban J connectivity index is 1.78. The normalized spacial score (nSPS) is 26.2. The Hall–Kier alpha value is -1.35. The molecule has 19 heavy (non-hydrogen) atoms. The summed E-state index contributed by atoms with van der Waals surface area (Å²) in [4.78, 5) is 4.32. The lowest BCUT2D eigenvalue weighted by Crippen LogP contribution is -2.52. The van der Waals surface area contributed by atoms with Crippen molar-refractivity contribution in [1.29, 1.82) is 0 Å². The van der Waals surface area contributed by atoms with E-state index in [0.717, 1.165) is 24.6 Å². The Morgan fingerprint density at radius 3 is 2.95 bits per heavy atom. The van der Waals surface area contributed by atoms with Crippen molar-refractivity contribution in [2.75, 3.05) is 0 Å². The predicted octanol–water partition coefficient (Wildman–Crippen LogP) is 3.17. The van der Waals surface area contributed by atoms with E-state index in [1.54, 1.807) is 6.20 Å². The molecule has 1 aliphatic carbocycles. The molecule has 3 heterocycles. The van der Waals surface area contributed by atoms with Gasteiger partial charge >= 0.3 is 0 Å². The Labute approximate surface area is 115 Å². The van der Waals surface area contributed by atoms with E-state index in [-0.39, 0.29) is 6.10 Å². The highest BCUT2D eigenvalue weighted by atomic mass is 16.5. The first-order chi connectivity index (χ1) is 9.20. The van der Waals surface area contributed by atoms with Gasteiger partial charge in [-0.15, -0.1) is 0 Å². The van der Waals surface area contributed by atoms with Crippen LogP contribution in [0.4, 0.5) is 0 Å². The van der Waals surface area contributed by atoms with Gasteiger partial charge in [0.15, 0.2) is 0 Å². The molecular formula is C16H22N2O. The second-order valence-electron chi connectivity index (χ2n) is 5.88. The van der Waals surface area contributed by atoms with Gasteiger partial charge in [-0.25, -0.2) is 0 Å². The standard InChI is InChI=1S/C16H22N2O/c1-11(2)19-16-7-13(9-17-10-16)12-3-5-14-8-15(18-14)6-4-12/h3,7,9-11,14-15,18H,4-6,8H2,1-2H3. The molecule has 1 fully saturated rings. The molecule has 1 aromatic heterocycles. The van der Waals surface area contributed by atoms with Crippen molar-refractivity contribution in [2.24, 2.45) is 0 Å². The van der Waals surface area contributed by atoms with Crippen LogP contribution < -0.4 is 10.1 Å². The molecule has 1 saturated heterocycles. The number of rotatable bonds is 3. The molecule has 0 saturated carbocycles. The van der Waals surface area contributed by atoms with Gasteiger partial charge in [0.25, 0.3) is 0 Å². The average molecular weight is 258 g/mol. The van der Waals surface area contributed by atoms with Crippen LogP contribution in [0.15, 0.2) is 24.5 Å². The van der Waals surface area contributed by atoms with E-state index in [4.69, 9.17) is 4.74 Å². The van der Waals surface area contributed by atoms with Gasteiger partial charge in [0.2, 0.25) is 0 Å². The zero-order valence-electron chi connectivity index (χ0n) is 11.7. The molecule has 0 spiro atoms. The number of nitrogens with one attached hydrogen (secondary N) is 1. The summed E-state index contributed by atoms with van der Waals surface area (Å²) in [7, 11) is 0. The van der Waals surface area contributed by atoms with Gasteiger partial charge in [-0.3, -0.25) is 4.98 Å². The smallest absolute Gasteiger partial charge is 0.138 e. The van der Waals surface area contributed by atoms with Crippen LogP contribution in [0.2, 0.25) is 0 Å². The summed E-state index contributed by atoms with van der Waals surface area (Å²) in [6, 6.07) is 3.56. The summed E-state index contributed by atoms with van der Waals surface area (Å²) >= 11 is 0. The predicted molar refractivity (Wildman–Crippen MR) is 77.2 cm³/mol. The van der Waals surface area contributed by atoms with Crippen LogP contribution in [0, 0.1) is 0 Å². The van der Waals surface area contributed by atoms with Gasteiger partial charge in [0.05, 0.1) is 12.3 Å². The quantitative estimate of drug-likeness (QED) is 0.904. The van der Waals surface area contributed by atoms with Gasteiger partial charge in [-0.2, -0.15) is 0 Å². The van der Waals surface area contributed by atoms with Crippen molar-refractivity contribution in [3.63, 3.8) is 0 Å². The second-order valence-corrected chi connectivity index (χ2v) is 5.88. The van der Waals surface area contributed by atoms with Gasteiger partial charge in [-0.05, 0) is 56.7 Å². The molecule has 3 heteroatoms. The largest absolute Gasteiger partial charge is 0.489 e. The topological polar surface area (TPSA) is 34.1 Å². The number of aromatic nitrogens is 1. The molecule has 0 amide bonds. The highest BCUT2D eigenvalue weighted by Gasteiger charge is 2.28. The van der Waals surface area contributed by atoms with E-state index in [0.29, 0.717) is 6.04 Å². The minimum absolute atomic E-state index is 0.195. The third-order valence-corrected chi connectivity index (χ3v) is 3.91. The van der Waals surface area contributed by atoms with E-state index in [2.05, 4.69) is 22.4 Å². The molecule has 2 aliphatic heterocycles. The van der Waals surface area contributed by atoms with Gasteiger partial charge in [0.1, 0.15) is 5.75 Å². The fourth-order valence-electron chi connectivity index (χ4n) is 2.93. The zero-order chi connectivity index (χ0) is 13.2. The molecule has 2 unspecified atom stereocenters. The minimum atomic E-state index is 0.195. The molecule has 102 valence electrons. The first-order valence-corrected chi connectivity index (χ1v) is 7.28. The first-order valence-electron chi connectivity index (χ1n) is 7.28. The van der Waals surface area contributed by atoms with Gasteiger partial charge in [-0.1, -0.05) is 6.08 Å². The van der Waals surface area contributed by atoms with Crippen molar-refractivity contribution in [2.45, 2.75) is 57.7 Å². The maximum atomic E-state index is 5.73. The van der Waals surface area contributed by atoms with Crippen molar-refractivity contribution >= 4 is 5.57 Å². The first kappa shape index (κ1) is 12.7. The van der Waals surface area contributed by atoms with Gasteiger partial charge in [0, 0.05) is 18.3 Å². The molecule has 4 rings (SSSR count). The minimum Gasteiger partial charge on any atom is -0.489 e. The lowest BCUT2D eigenvalue weighted by Gasteiger charge is -2.39. The summed E-state index contributed by atoms with van der Waals surface area (Å²) in [5.74, 6) is 0.874. The Morgan fingerprint density at radius 1 is 1.32 bits per heavy atom. The van der Waals surface area contributed by atoms with Gasteiger partial charge < -0.3 is 10.1 Å². The summed E-state index contributed by atoms with van der Waals surface area (Å²) in [6.45, 7) is 4.09. The summed E-state index contributed by atoms with van der Waals surface area (Å²) in [5.41, 5.74) is 2.65. The maximum Gasteiger partial charge on any atom is 0.138 e. The van der Waals surface area contributed by atoms with E-state index < -0.39 is 0 Å². The summed E-state index contributed by atoms with van der Waals surface area (Å²) in [6.07, 6.45) is 11.2. The fourth-order valence-corrected chi connectivity index (χ4v) is 2.93. The van der Waals surface area contributed by atoms with Crippen molar-refractivity contribution < 1.29 is 4.74 Å². The molecular weight excluding hydrogens is 236 g/mol. The Kier molecular flexibility index (Phi) is 3.56. The molecule has 1 N–H and O–H groups in total. The van der Waals surface area contributed by atoms with Crippen LogP contribution >= 0.6 is 0 Å². The highest BCUT2D eigenvalue weighted by molar-refractivity contribution is 5.66. The van der Waals surface area contributed by atoms with Crippen LogP contribution in [0.25, 0.3) is 5.57 Å². The number of nitrogens with zero attached hydrogens (tertiary/aromatic N) is 1. The van der Waals surface area contributed by atoms with E-state index in [1.807, 2.05) is 20.0 Å². The number of allylic oxidation sites excluding steroid dienone is 1. The molecule has 0 radical (unpaired) electrons. The highest BCUT2D eigenvalue weighted by Crippen LogP contribution is 2.31. The van der Waals surface area contributed by atoms with Crippen molar-refractivity contribution in [1.82, 2.24) is 10.3 Å². The SMILES string of the molecule is CC(C)Oc1cncc(C2=CCC3CC(CC2)N3)c1. The molecule has 2 atom stereocenters. The maximum absolute atomic E-state index is 5.73. The number of fused-ring (bicyclic) bond motifs is 3. The van der Waals surface area contributed by atoms with Crippen molar-refractivity contribution in [3.05, 3.63) is 30.1 Å². The molecule has 3 nitrogen and oxygen atoms in total. The monoisotopic (exact) mass is 258 g/mol. The fraction of sp³-hybridized carbons (Fsp3) is 0.562. The van der Waals surface area contributed by atoms with Crippen LogP contribution in [0.1, 0.15) is 45.1 Å². The van der Waals surface area contributed by atoms with Crippen LogP contribution in [0.3, 0.4) is 0 Å². The summed E-state index contributed by atoms with van der Waals surface area (Å²) in [5, 5.41) is 3.61. The molecule has 3 aliphatic rings. The zero-order valence-corrected chi connectivity index (χ0v) is 11.7. The van der Waals surface area contributed by atoms with Crippen LogP contribution in [0.5, 0.6) is 5.75 Å². The number of hydrogen-bond donors (Lipinski definition) is 1. The lowest BCUT2D eigenvalue weighted by molar-refractivity contribution is 0.241. The second kappa shape index (κ2) is 5.33. The Morgan fingerprint density at radius 2 is 2.16 bits per heavy atom. The molecule has 0 aromatic carbocycles. The van der Waals surface area contributed by atoms with E-state index in [1.165, 1.54) is 24.0 Å². The third kappa shape index (κ3) is 2.98. The van der Waals surface area contributed by atoms with E-state index in [9.17, 15) is 0 Å². The van der Waals surface area contributed by atoms with Crippen molar-refractivity contribution in [3.8, 4) is 5.75 Å². The molecule has 2 bridgehead atoms. The van der Waals surface area contributed by atoms with Crippen LogP contribution in [-0.4, -0.2) is 23.2 Å². The van der Waals surface area contributed by atoms with E-state index >= 15 is 0 Å². The summed E-state index contributed by atoms with van der Waals surface area (Å²) < 4.78 is 5.73. The third-order valence-electron chi connectivity index (χ3n) is 3.91. The lowest BCUT2D eigenvalue weighted by atomic mass is 9.84. The number of hydrogen-bond acceptors (Lipinski definition) is 3. The number of ether oxygens (including phenoxy) is 1. The average Bonchev–Trinajstić information content (AvgIpc) is 2.25.